The molecule has 25 heavy (non-hydrogen) atoms. The van der Waals surface area contributed by atoms with Crippen LogP contribution in [-0.2, 0) is 16.6 Å². The maximum atomic E-state index is 12.7. The fourth-order valence-electron chi connectivity index (χ4n) is 2.53. The van der Waals surface area contributed by atoms with Gasteiger partial charge in [0.15, 0.2) is 0 Å². The van der Waals surface area contributed by atoms with Gasteiger partial charge in [0.2, 0.25) is 0 Å². The molecule has 0 unspecified atom stereocenters. The first-order valence-electron chi connectivity index (χ1n) is 7.72. The molecule has 0 saturated heterocycles. The van der Waals surface area contributed by atoms with Gasteiger partial charge in [-0.3, -0.25) is 9.40 Å². The Morgan fingerprint density at radius 3 is 2.52 bits per heavy atom. The van der Waals surface area contributed by atoms with E-state index < -0.39 is 10.0 Å². The summed E-state index contributed by atoms with van der Waals surface area (Å²) < 4.78 is 30.6. The summed E-state index contributed by atoms with van der Waals surface area (Å²) >= 11 is 3.41. The van der Waals surface area contributed by atoms with Crippen molar-refractivity contribution >= 4 is 31.6 Å². The Balaban J connectivity index is 1.86. The zero-order chi connectivity index (χ0) is 18.0. The van der Waals surface area contributed by atoms with Gasteiger partial charge >= 0.3 is 0 Å². The molecule has 0 fully saturated rings. The summed E-state index contributed by atoms with van der Waals surface area (Å²) in [6, 6.07) is 15.1. The van der Waals surface area contributed by atoms with E-state index in [-0.39, 0.29) is 4.90 Å². The van der Waals surface area contributed by atoms with Crippen molar-refractivity contribution in [3.05, 3.63) is 76.0 Å². The Hall–Kier alpha value is -2.12. The zero-order valence-electron chi connectivity index (χ0n) is 13.9. The highest BCUT2D eigenvalue weighted by Crippen LogP contribution is 2.23. The third-order valence-corrected chi connectivity index (χ3v) is 6.16. The number of sulfonamides is 1. The molecule has 0 spiro atoms. The molecule has 3 rings (SSSR count). The Labute approximate surface area is 155 Å². The number of benzene rings is 2. The van der Waals surface area contributed by atoms with Crippen molar-refractivity contribution in [1.82, 2.24) is 9.78 Å². The molecule has 1 aromatic heterocycles. The maximum absolute atomic E-state index is 12.7. The van der Waals surface area contributed by atoms with Crippen LogP contribution in [-0.4, -0.2) is 18.2 Å². The highest BCUT2D eigenvalue weighted by atomic mass is 79.9. The van der Waals surface area contributed by atoms with Gasteiger partial charge in [-0.25, -0.2) is 8.42 Å². The molecule has 1 N–H and O–H groups in total. The Bertz CT molecular complexity index is 998. The van der Waals surface area contributed by atoms with Gasteiger partial charge in [0.1, 0.15) is 4.90 Å². The predicted octanol–water partition coefficient (Wildman–Crippen LogP) is 4.11. The van der Waals surface area contributed by atoms with E-state index in [9.17, 15) is 8.42 Å². The minimum absolute atomic E-state index is 0.184. The number of halogens is 1. The maximum Gasteiger partial charge on any atom is 0.265 e. The first-order chi connectivity index (χ1) is 11.8. The summed E-state index contributed by atoms with van der Waals surface area (Å²) in [5.74, 6) is 0. The van der Waals surface area contributed by atoms with Crippen molar-refractivity contribution in [2.24, 2.45) is 0 Å². The summed E-state index contributed by atoms with van der Waals surface area (Å²) in [7, 11) is -3.69. The number of hydrogen-bond acceptors (Lipinski definition) is 3. The molecular formula is C18H18BrN3O2S. The van der Waals surface area contributed by atoms with Gasteiger partial charge in [0.05, 0.1) is 12.2 Å². The molecule has 0 aliphatic rings. The molecule has 0 aliphatic heterocycles. The molecule has 130 valence electrons. The van der Waals surface area contributed by atoms with Crippen LogP contribution >= 0.6 is 15.9 Å². The molecule has 0 atom stereocenters. The number of aromatic nitrogens is 2. The quantitative estimate of drug-likeness (QED) is 0.676. The van der Waals surface area contributed by atoms with Crippen molar-refractivity contribution in [1.29, 1.82) is 0 Å². The van der Waals surface area contributed by atoms with Crippen LogP contribution in [0.25, 0.3) is 0 Å². The van der Waals surface area contributed by atoms with E-state index in [1.165, 1.54) is 0 Å². The van der Waals surface area contributed by atoms with E-state index in [1.807, 2.05) is 43.3 Å². The SMILES string of the molecule is Cc1cc(NS(=O)(=O)c2cn(Cc3ccccc3)nc2C)ccc1Br. The van der Waals surface area contributed by atoms with E-state index in [0.29, 0.717) is 17.9 Å². The molecule has 5 nitrogen and oxygen atoms in total. The van der Waals surface area contributed by atoms with E-state index in [0.717, 1.165) is 15.6 Å². The Morgan fingerprint density at radius 2 is 1.84 bits per heavy atom. The molecule has 0 saturated carbocycles. The second kappa shape index (κ2) is 7.01. The normalized spacial score (nSPS) is 11.5. The molecule has 7 heteroatoms. The number of nitrogens with one attached hydrogen (secondary N) is 1. The van der Waals surface area contributed by atoms with Gasteiger partial charge in [0, 0.05) is 16.4 Å². The second-order valence-electron chi connectivity index (χ2n) is 5.83. The Kier molecular flexibility index (Phi) is 4.96. The fourth-order valence-corrected chi connectivity index (χ4v) is 4.02. The van der Waals surface area contributed by atoms with Crippen LogP contribution in [0.5, 0.6) is 0 Å². The lowest BCUT2D eigenvalue weighted by atomic mass is 10.2. The minimum Gasteiger partial charge on any atom is -0.280 e. The smallest absolute Gasteiger partial charge is 0.265 e. The first-order valence-corrected chi connectivity index (χ1v) is 10.00. The predicted molar refractivity (Wildman–Crippen MR) is 102 cm³/mol. The molecule has 0 amide bonds. The second-order valence-corrected chi connectivity index (χ2v) is 8.34. The summed E-state index contributed by atoms with van der Waals surface area (Å²) in [5, 5.41) is 4.34. The standard InChI is InChI=1S/C18H18BrN3O2S/c1-13-10-16(8-9-17(13)19)21-25(23,24)18-12-22(20-14(18)2)11-15-6-4-3-5-7-15/h3-10,12,21H,11H2,1-2H3. The van der Waals surface area contributed by atoms with Crippen molar-refractivity contribution in [3.63, 3.8) is 0 Å². The van der Waals surface area contributed by atoms with Crippen molar-refractivity contribution in [2.75, 3.05) is 4.72 Å². The van der Waals surface area contributed by atoms with Gasteiger partial charge in [-0.15, -0.1) is 0 Å². The monoisotopic (exact) mass is 419 g/mol. The third kappa shape index (κ3) is 4.11. The average Bonchev–Trinajstić information content (AvgIpc) is 2.93. The van der Waals surface area contributed by atoms with Gasteiger partial charge < -0.3 is 0 Å². The summed E-state index contributed by atoms with van der Waals surface area (Å²) in [6.07, 6.45) is 1.57. The highest BCUT2D eigenvalue weighted by Gasteiger charge is 2.20. The number of rotatable bonds is 5. The molecule has 3 aromatic rings. The van der Waals surface area contributed by atoms with E-state index in [1.54, 1.807) is 29.9 Å². The van der Waals surface area contributed by atoms with Gasteiger partial charge in [0.25, 0.3) is 10.0 Å². The number of hydrogen-bond donors (Lipinski definition) is 1. The van der Waals surface area contributed by atoms with Crippen LogP contribution in [0.2, 0.25) is 0 Å². The molecule has 0 bridgehead atoms. The molecule has 0 radical (unpaired) electrons. The zero-order valence-corrected chi connectivity index (χ0v) is 16.3. The van der Waals surface area contributed by atoms with E-state index in [4.69, 9.17) is 0 Å². The fraction of sp³-hybridized carbons (Fsp3) is 0.167. The van der Waals surface area contributed by atoms with Gasteiger partial charge in [-0.1, -0.05) is 46.3 Å². The van der Waals surface area contributed by atoms with Crippen LogP contribution in [0.1, 0.15) is 16.8 Å². The van der Waals surface area contributed by atoms with Gasteiger partial charge in [-0.05, 0) is 43.2 Å². The van der Waals surface area contributed by atoms with E-state index in [2.05, 4.69) is 25.8 Å². The summed E-state index contributed by atoms with van der Waals surface area (Å²) in [5.41, 5.74) is 3.01. The molecule has 1 heterocycles. The average molecular weight is 420 g/mol. The molecule has 0 aliphatic carbocycles. The topological polar surface area (TPSA) is 64.0 Å². The third-order valence-electron chi connectivity index (χ3n) is 3.79. The van der Waals surface area contributed by atoms with Crippen molar-refractivity contribution < 1.29 is 8.42 Å². The minimum atomic E-state index is -3.69. The van der Waals surface area contributed by atoms with Crippen LogP contribution < -0.4 is 4.72 Å². The van der Waals surface area contributed by atoms with Gasteiger partial charge in [-0.2, -0.15) is 5.10 Å². The lowest BCUT2D eigenvalue weighted by Gasteiger charge is -2.08. The molecular weight excluding hydrogens is 402 g/mol. The molecule has 2 aromatic carbocycles. The Morgan fingerprint density at radius 1 is 1.12 bits per heavy atom. The van der Waals surface area contributed by atoms with E-state index >= 15 is 0 Å². The highest BCUT2D eigenvalue weighted by molar-refractivity contribution is 9.10. The summed E-state index contributed by atoms with van der Waals surface area (Å²) in [4.78, 5) is 0.184. The summed E-state index contributed by atoms with van der Waals surface area (Å²) in [6.45, 7) is 4.13. The number of aryl methyl sites for hydroxylation is 2. The van der Waals surface area contributed by atoms with Crippen LogP contribution in [0.3, 0.4) is 0 Å². The van der Waals surface area contributed by atoms with Crippen LogP contribution in [0.15, 0.2) is 64.1 Å². The lowest BCUT2D eigenvalue weighted by molar-refractivity contribution is 0.600. The van der Waals surface area contributed by atoms with Crippen molar-refractivity contribution in [2.45, 2.75) is 25.3 Å². The van der Waals surface area contributed by atoms with Crippen LogP contribution in [0, 0.1) is 13.8 Å². The number of nitrogens with zero attached hydrogens (tertiary/aromatic N) is 2. The van der Waals surface area contributed by atoms with Crippen molar-refractivity contribution in [3.8, 4) is 0 Å². The largest absolute Gasteiger partial charge is 0.280 e. The lowest BCUT2D eigenvalue weighted by Crippen LogP contribution is -2.13. The first kappa shape index (κ1) is 17.7. The number of anilines is 1. The van der Waals surface area contributed by atoms with Crippen LogP contribution in [0.4, 0.5) is 5.69 Å².